The van der Waals surface area contributed by atoms with Gasteiger partial charge in [0.1, 0.15) is 0 Å². The van der Waals surface area contributed by atoms with Gasteiger partial charge in [0.05, 0.1) is 5.60 Å². The summed E-state index contributed by atoms with van der Waals surface area (Å²) >= 11 is 0. The van der Waals surface area contributed by atoms with Crippen LogP contribution < -0.4 is 5.73 Å². The predicted molar refractivity (Wildman–Crippen MR) is 77.7 cm³/mol. The third-order valence-electron chi connectivity index (χ3n) is 4.02. The Bertz CT molecular complexity index is 290. The van der Waals surface area contributed by atoms with Crippen molar-refractivity contribution in [1.82, 2.24) is 4.90 Å². The highest BCUT2D eigenvalue weighted by molar-refractivity contribution is 5.76. The van der Waals surface area contributed by atoms with Gasteiger partial charge in [-0.2, -0.15) is 0 Å². The summed E-state index contributed by atoms with van der Waals surface area (Å²) in [5, 5.41) is 10.0. The average molecular weight is 270 g/mol. The summed E-state index contributed by atoms with van der Waals surface area (Å²) in [4.78, 5) is 14.2. The first kappa shape index (κ1) is 16.4. The Morgan fingerprint density at radius 1 is 1.37 bits per heavy atom. The van der Waals surface area contributed by atoms with Crippen molar-refractivity contribution in [1.29, 1.82) is 0 Å². The molecule has 1 fully saturated rings. The zero-order valence-corrected chi connectivity index (χ0v) is 12.7. The Morgan fingerprint density at radius 3 is 2.63 bits per heavy atom. The SMILES string of the molecule is CC(C)CC(CN)CC(=O)N1CCCC(C)(O)CC1. The first-order valence-electron chi connectivity index (χ1n) is 7.54. The molecule has 19 heavy (non-hydrogen) atoms. The van der Waals surface area contributed by atoms with Gasteiger partial charge in [0.15, 0.2) is 0 Å². The van der Waals surface area contributed by atoms with Crippen molar-refractivity contribution in [3.8, 4) is 0 Å². The lowest BCUT2D eigenvalue weighted by Crippen LogP contribution is -2.35. The highest BCUT2D eigenvalue weighted by Crippen LogP contribution is 2.23. The Hall–Kier alpha value is -0.610. The summed E-state index contributed by atoms with van der Waals surface area (Å²) in [6.45, 7) is 8.21. The van der Waals surface area contributed by atoms with E-state index in [-0.39, 0.29) is 11.8 Å². The zero-order valence-electron chi connectivity index (χ0n) is 12.7. The van der Waals surface area contributed by atoms with Crippen molar-refractivity contribution in [3.05, 3.63) is 0 Å². The van der Waals surface area contributed by atoms with Gasteiger partial charge in [-0.15, -0.1) is 0 Å². The molecule has 0 aliphatic carbocycles. The number of likely N-dealkylation sites (tertiary alicyclic amines) is 1. The maximum absolute atomic E-state index is 12.3. The van der Waals surface area contributed by atoms with Crippen LogP contribution in [0.4, 0.5) is 0 Å². The quantitative estimate of drug-likeness (QED) is 0.800. The molecule has 2 unspecified atom stereocenters. The molecule has 0 saturated carbocycles. The first-order chi connectivity index (χ1) is 8.84. The fourth-order valence-corrected chi connectivity index (χ4v) is 2.82. The van der Waals surface area contributed by atoms with Crippen LogP contribution in [-0.2, 0) is 4.79 Å². The second kappa shape index (κ2) is 7.25. The lowest BCUT2D eigenvalue weighted by atomic mass is 9.93. The Kier molecular flexibility index (Phi) is 6.27. The molecule has 0 aromatic carbocycles. The molecule has 0 bridgehead atoms. The largest absolute Gasteiger partial charge is 0.390 e. The molecule has 0 aromatic heterocycles. The van der Waals surface area contributed by atoms with E-state index >= 15 is 0 Å². The van der Waals surface area contributed by atoms with Gasteiger partial charge in [-0.3, -0.25) is 4.79 Å². The average Bonchev–Trinajstić information content (AvgIpc) is 2.48. The van der Waals surface area contributed by atoms with Crippen molar-refractivity contribution in [2.75, 3.05) is 19.6 Å². The zero-order chi connectivity index (χ0) is 14.5. The van der Waals surface area contributed by atoms with E-state index in [1.807, 2.05) is 11.8 Å². The van der Waals surface area contributed by atoms with Crippen LogP contribution >= 0.6 is 0 Å². The van der Waals surface area contributed by atoms with Crippen molar-refractivity contribution >= 4 is 5.91 Å². The summed E-state index contributed by atoms with van der Waals surface area (Å²) in [7, 11) is 0. The van der Waals surface area contributed by atoms with E-state index in [1.54, 1.807) is 0 Å². The topological polar surface area (TPSA) is 66.6 Å². The molecule has 1 rings (SSSR count). The Balaban J connectivity index is 2.48. The van der Waals surface area contributed by atoms with Crippen molar-refractivity contribution < 1.29 is 9.90 Å². The van der Waals surface area contributed by atoms with E-state index in [1.165, 1.54) is 0 Å². The van der Waals surface area contributed by atoms with Crippen LogP contribution in [0.15, 0.2) is 0 Å². The number of carbonyl (C=O) groups is 1. The maximum atomic E-state index is 12.3. The number of nitrogens with zero attached hydrogens (tertiary/aromatic N) is 1. The molecule has 0 aromatic rings. The molecule has 2 atom stereocenters. The minimum atomic E-state index is -0.611. The summed E-state index contributed by atoms with van der Waals surface area (Å²) in [5.74, 6) is 1.07. The lowest BCUT2D eigenvalue weighted by molar-refractivity contribution is -0.132. The monoisotopic (exact) mass is 270 g/mol. The van der Waals surface area contributed by atoms with Gasteiger partial charge in [0.2, 0.25) is 5.91 Å². The molecular weight excluding hydrogens is 240 g/mol. The normalized spacial score (nSPS) is 26.3. The number of nitrogens with two attached hydrogens (primary N) is 1. The van der Waals surface area contributed by atoms with Gasteiger partial charge in [0.25, 0.3) is 0 Å². The summed E-state index contributed by atoms with van der Waals surface area (Å²) in [6.07, 6.45) is 3.90. The number of hydrogen-bond donors (Lipinski definition) is 2. The minimum Gasteiger partial charge on any atom is -0.390 e. The van der Waals surface area contributed by atoms with E-state index < -0.39 is 5.60 Å². The molecule has 3 N–H and O–H groups in total. The second-order valence-corrected chi connectivity index (χ2v) is 6.67. The van der Waals surface area contributed by atoms with E-state index in [9.17, 15) is 9.90 Å². The van der Waals surface area contributed by atoms with Crippen molar-refractivity contribution in [2.45, 2.75) is 58.5 Å². The highest BCUT2D eigenvalue weighted by atomic mass is 16.3. The number of aliphatic hydroxyl groups is 1. The van der Waals surface area contributed by atoms with Crippen molar-refractivity contribution in [2.24, 2.45) is 17.6 Å². The molecule has 4 nitrogen and oxygen atoms in total. The molecule has 1 aliphatic rings. The Morgan fingerprint density at radius 2 is 2.05 bits per heavy atom. The summed E-state index contributed by atoms with van der Waals surface area (Å²) in [5.41, 5.74) is 5.15. The van der Waals surface area contributed by atoms with Crippen LogP contribution in [0, 0.1) is 11.8 Å². The molecule has 1 heterocycles. The van der Waals surface area contributed by atoms with E-state index in [2.05, 4.69) is 13.8 Å². The lowest BCUT2D eigenvalue weighted by Gasteiger charge is -2.25. The molecule has 1 saturated heterocycles. The molecule has 0 radical (unpaired) electrons. The number of hydrogen-bond acceptors (Lipinski definition) is 3. The van der Waals surface area contributed by atoms with Gasteiger partial charge in [0, 0.05) is 19.5 Å². The van der Waals surface area contributed by atoms with Gasteiger partial charge in [-0.05, 0) is 51.0 Å². The number of amides is 1. The fourth-order valence-electron chi connectivity index (χ4n) is 2.82. The van der Waals surface area contributed by atoms with E-state index in [4.69, 9.17) is 5.73 Å². The van der Waals surface area contributed by atoms with Crippen LogP contribution in [0.1, 0.15) is 52.9 Å². The van der Waals surface area contributed by atoms with Crippen LogP contribution in [-0.4, -0.2) is 41.1 Å². The molecule has 0 spiro atoms. The Labute approximate surface area is 117 Å². The number of carbonyl (C=O) groups excluding carboxylic acids is 1. The second-order valence-electron chi connectivity index (χ2n) is 6.67. The molecule has 1 amide bonds. The smallest absolute Gasteiger partial charge is 0.222 e. The molecule has 4 heteroatoms. The third-order valence-corrected chi connectivity index (χ3v) is 4.02. The summed E-state index contributed by atoms with van der Waals surface area (Å²) < 4.78 is 0. The van der Waals surface area contributed by atoms with Crippen LogP contribution in [0.3, 0.4) is 0 Å². The van der Waals surface area contributed by atoms with Gasteiger partial charge in [-0.25, -0.2) is 0 Å². The predicted octanol–water partition coefficient (Wildman–Crippen LogP) is 1.76. The van der Waals surface area contributed by atoms with Crippen LogP contribution in [0.2, 0.25) is 0 Å². The van der Waals surface area contributed by atoms with Crippen LogP contribution in [0.25, 0.3) is 0 Å². The van der Waals surface area contributed by atoms with Crippen LogP contribution in [0.5, 0.6) is 0 Å². The van der Waals surface area contributed by atoms with Crippen molar-refractivity contribution in [3.63, 3.8) is 0 Å². The van der Waals surface area contributed by atoms with E-state index in [0.29, 0.717) is 31.8 Å². The van der Waals surface area contributed by atoms with Gasteiger partial charge < -0.3 is 15.7 Å². The van der Waals surface area contributed by atoms with Gasteiger partial charge >= 0.3 is 0 Å². The minimum absolute atomic E-state index is 0.203. The highest BCUT2D eigenvalue weighted by Gasteiger charge is 2.27. The third kappa shape index (κ3) is 5.91. The van der Waals surface area contributed by atoms with Gasteiger partial charge in [-0.1, -0.05) is 13.8 Å². The standard InChI is InChI=1S/C15H30N2O2/c1-12(2)9-13(11-16)10-14(18)17-7-4-5-15(3,19)6-8-17/h12-13,19H,4-11,16H2,1-3H3. The molecule has 112 valence electrons. The molecular formula is C15H30N2O2. The maximum Gasteiger partial charge on any atom is 0.222 e. The van der Waals surface area contributed by atoms with E-state index in [0.717, 1.165) is 25.8 Å². The molecule has 1 aliphatic heterocycles. The summed E-state index contributed by atoms with van der Waals surface area (Å²) in [6, 6.07) is 0. The first-order valence-corrected chi connectivity index (χ1v) is 7.54. The fraction of sp³-hybridized carbons (Fsp3) is 0.933. The number of rotatable bonds is 5.